The number of aryl methyl sites for hydroxylation is 6. The van der Waals surface area contributed by atoms with Gasteiger partial charge in [-0.1, -0.05) is 163 Å². The molecule has 0 atom stereocenters. The van der Waals surface area contributed by atoms with Gasteiger partial charge in [0.1, 0.15) is 0 Å². The van der Waals surface area contributed by atoms with Gasteiger partial charge in [-0.3, -0.25) is 4.90 Å². The Morgan fingerprint density at radius 3 is 1.03 bits per heavy atom. The van der Waals surface area contributed by atoms with Gasteiger partial charge in [0.15, 0.2) is 11.6 Å². The predicted molar refractivity (Wildman–Crippen MR) is 259 cm³/mol. The van der Waals surface area contributed by atoms with Crippen LogP contribution in [0.25, 0.3) is 45.0 Å². The molecule has 1 aromatic heterocycles. The molecule has 0 saturated heterocycles. The Kier molecular flexibility index (Phi) is 11.0. The highest BCUT2D eigenvalue weighted by Gasteiger charge is 2.24. The molecule has 0 radical (unpaired) electrons. The zero-order valence-electron chi connectivity index (χ0n) is 36.1. The molecule has 5 nitrogen and oxygen atoms in total. The van der Waals surface area contributed by atoms with Crippen LogP contribution in [-0.4, -0.2) is 15.0 Å². The zero-order valence-corrected chi connectivity index (χ0v) is 36.1. The van der Waals surface area contributed by atoms with E-state index in [9.17, 15) is 0 Å². The van der Waals surface area contributed by atoms with Gasteiger partial charge in [0.25, 0.3) is 0 Å². The quantitative estimate of drug-likeness (QED) is 0.138. The third-order valence-corrected chi connectivity index (χ3v) is 11.4. The van der Waals surface area contributed by atoms with Gasteiger partial charge >= 0.3 is 0 Å². The van der Waals surface area contributed by atoms with Crippen LogP contribution in [0.4, 0.5) is 34.4 Å². The van der Waals surface area contributed by atoms with Crippen LogP contribution in [0.2, 0.25) is 0 Å². The Morgan fingerprint density at radius 2 is 0.629 bits per heavy atom. The first kappa shape index (κ1) is 39.8. The Morgan fingerprint density at radius 1 is 0.306 bits per heavy atom. The summed E-state index contributed by atoms with van der Waals surface area (Å²) in [6.45, 7) is 13.2. The van der Waals surface area contributed by atoms with E-state index in [1.165, 1.54) is 61.4 Å². The minimum Gasteiger partial charge on any atom is -0.309 e. The van der Waals surface area contributed by atoms with Crippen LogP contribution in [0.15, 0.2) is 188 Å². The maximum atomic E-state index is 5.23. The molecule has 0 aliphatic rings. The lowest BCUT2D eigenvalue weighted by atomic mass is 9.94. The maximum absolute atomic E-state index is 5.23. The summed E-state index contributed by atoms with van der Waals surface area (Å²) in [6.07, 6.45) is 0. The van der Waals surface area contributed by atoms with E-state index >= 15 is 0 Å². The molecule has 9 rings (SSSR count). The van der Waals surface area contributed by atoms with Crippen molar-refractivity contribution in [1.82, 2.24) is 15.0 Å². The molecule has 0 saturated carbocycles. The van der Waals surface area contributed by atoms with Crippen LogP contribution in [0.3, 0.4) is 0 Å². The van der Waals surface area contributed by atoms with E-state index in [1.54, 1.807) is 0 Å². The van der Waals surface area contributed by atoms with E-state index in [0.29, 0.717) is 17.6 Å². The maximum Gasteiger partial charge on any atom is 0.238 e. The molecule has 1 heterocycles. The van der Waals surface area contributed by atoms with Gasteiger partial charge in [-0.05, 0) is 122 Å². The summed E-state index contributed by atoms with van der Waals surface area (Å²) in [5.74, 6) is 1.73. The lowest BCUT2D eigenvalue weighted by Crippen LogP contribution is -2.17. The number of aromatic nitrogens is 3. The van der Waals surface area contributed by atoms with Crippen molar-refractivity contribution in [2.45, 2.75) is 41.5 Å². The first-order valence-electron chi connectivity index (χ1n) is 21.2. The van der Waals surface area contributed by atoms with Crippen molar-refractivity contribution in [3.8, 4) is 45.0 Å². The Labute approximate surface area is 365 Å². The second kappa shape index (κ2) is 17.2. The summed E-state index contributed by atoms with van der Waals surface area (Å²) in [5.41, 5.74) is 19.2. The molecule has 302 valence electrons. The summed E-state index contributed by atoms with van der Waals surface area (Å²) in [4.78, 5) is 20.1. The molecule has 8 aromatic carbocycles. The van der Waals surface area contributed by atoms with E-state index in [0.717, 1.165) is 33.8 Å². The number of rotatable bonds is 10. The molecule has 9 aromatic rings. The van der Waals surface area contributed by atoms with E-state index in [4.69, 9.17) is 15.0 Å². The standard InChI is InChI=1S/C57H49N5/c1-38-34-40(3)53(41(4)35-38)62(54-42(5)36-39(2)37-43(54)6)50-32-30-49(31-33-50)61(48-28-26-45(27-29-48)52-25-17-16-24-51(52)44-18-10-7-11-19-44)57-59-55(46-20-12-8-13-21-46)58-56(60-57)47-22-14-9-15-23-47/h7-37H,1-6H3. The van der Waals surface area contributed by atoms with Crippen LogP contribution in [0, 0.1) is 41.5 Å². The van der Waals surface area contributed by atoms with Gasteiger partial charge in [0, 0.05) is 28.2 Å². The molecular weight excluding hydrogens is 755 g/mol. The normalized spacial score (nSPS) is 11.1. The molecule has 0 amide bonds. The number of hydrogen-bond acceptors (Lipinski definition) is 5. The highest BCUT2D eigenvalue weighted by molar-refractivity contribution is 5.87. The van der Waals surface area contributed by atoms with Crippen molar-refractivity contribution in [2.24, 2.45) is 0 Å². The lowest BCUT2D eigenvalue weighted by Gasteiger charge is -2.32. The summed E-state index contributed by atoms with van der Waals surface area (Å²) >= 11 is 0. The van der Waals surface area contributed by atoms with Crippen molar-refractivity contribution in [2.75, 3.05) is 9.80 Å². The zero-order chi connectivity index (χ0) is 42.7. The summed E-state index contributed by atoms with van der Waals surface area (Å²) in [6, 6.07) is 66.1. The molecule has 0 N–H and O–H groups in total. The van der Waals surface area contributed by atoms with Crippen LogP contribution in [-0.2, 0) is 0 Å². The van der Waals surface area contributed by atoms with Crippen LogP contribution >= 0.6 is 0 Å². The van der Waals surface area contributed by atoms with Crippen molar-refractivity contribution in [3.05, 3.63) is 221 Å². The molecule has 62 heavy (non-hydrogen) atoms. The average molecular weight is 804 g/mol. The van der Waals surface area contributed by atoms with Gasteiger partial charge in [0.2, 0.25) is 5.95 Å². The van der Waals surface area contributed by atoms with Gasteiger partial charge < -0.3 is 4.90 Å². The molecule has 0 fully saturated rings. The number of benzene rings is 8. The molecule has 0 aliphatic heterocycles. The minimum absolute atomic E-state index is 0.523. The van der Waals surface area contributed by atoms with E-state index < -0.39 is 0 Å². The SMILES string of the molecule is Cc1cc(C)c(N(c2ccc(N(c3ccc(-c4ccccc4-c4ccccc4)cc3)c3nc(-c4ccccc4)nc(-c4ccccc4)n3)cc2)c2c(C)cc(C)cc2C)c(C)c1. The van der Waals surface area contributed by atoms with Crippen LogP contribution in [0.1, 0.15) is 33.4 Å². The highest BCUT2D eigenvalue weighted by atomic mass is 15.3. The van der Waals surface area contributed by atoms with E-state index in [2.05, 4.69) is 179 Å². The first-order valence-corrected chi connectivity index (χ1v) is 21.2. The van der Waals surface area contributed by atoms with Gasteiger partial charge in [0.05, 0.1) is 11.4 Å². The number of nitrogens with zero attached hydrogens (tertiary/aromatic N) is 5. The summed E-state index contributed by atoms with van der Waals surface area (Å²) in [5, 5.41) is 0. The van der Waals surface area contributed by atoms with Crippen molar-refractivity contribution in [3.63, 3.8) is 0 Å². The monoisotopic (exact) mass is 803 g/mol. The van der Waals surface area contributed by atoms with Gasteiger partial charge in [-0.2, -0.15) is 9.97 Å². The Bertz CT molecular complexity index is 2840. The third kappa shape index (κ3) is 8.01. The summed E-state index contributed by atoms with van der Waals surface area (Å²) in [7, 11) is 0. The topological polar surface area (TPSA) is 45.2 Å². The van der Waals surface area contributed by atoms with Gasteiger partial charge in [-0.25, -0.2) is 4.98 Å². The first-order chi connectivity index (χ1) is 30.2. The second-order valence-corrected chi connectivity index (χ2v) is 16.2. The fourth-order valence-corrected chi connectivity index (χ4v) is 8.84. The average Bonchev–Trinajstić information content (AvgIpc) is 3.29. The largest absolute Gasteiger partial charge is 0.309 e. The molecule has 0 unspecified atom stereocenters. The molecular formula is C57H49N5. The van der Waals surface area contributed by atoms with Crippen LogP contribution in [0.5, 0.6) is 0 Å². The Hall–Kier alpha value is -7.63. The molecule has 5 heteroatoms. The molecule has 0 spiro atoms. The second-order valence-electron chi connectivity index (χ2n) is 16.2. The third-order valence-electron chi connectivity index (χ3n) is 11.4. The van der Waals surface area contributed by atoms with Crippen molar-refractivity contribution in [1.29, 1.82) is 0 Å². The lowest BCUT2D eigenvalue weighted by molar-refractivity contribution is 1.02. The van der Waals surface area contributed by atoms with Crippen molar-refractivity contribution >= 4 is 34.4 Å². The predicted octanol–water partition coefficient (Wildman–Crippen LogP) is 15.3. The molecule has 0 bridgehead atoms. The smallest absolute Gasteiger partial charge is 0.238 e. The number of anilines is 6. The van der Waals surface area contributed by atoms with E-state index in [1.807, 2.05) is 60.7 Å². The minimum atomic E-state index is 0.523. The molecule has 0 aliphatic carbocycles. The van der Waals surface area contributed by atoms with E-state index in [-0.39, 0.29) is 0 Å². The van der Waals surface area contributed by atoms with Crippen molar-refractivity contribution < 1.29 is 0 Å². The van der Waals surface area contributed by atoms with Gasteiger partial charge in [-0.15, -0.1) is 0 Å². The fraction of sp³-hybridized carbons (Fsp3) is 0.105. The summed E-state index contributed by atoms with van der Waals surface area (Å²) < 4.78 is 0. The fourth-order valence-electron chi connectivity index (χ4n) is 8.84. The van der Waals surface area contributed by atoms with Crippen LogP contribution < -0.4 is 9.80 Å². The number of hydrogen-bond donors (Lipinski definition) is 0. The Balaban J connectivity index is 1.22. The highest BCUT2D eigenvalue weighted by Crippen LogP contribution is 2.44.